The Morgan fingerprint density at radius 3 is 1.19 bits per heavy atom. The van der Waals surface area contributed by atoms with Gasteiger partial charge in [0.2, 0.25) is 0 Å². The molecule has 0 saturated carbocycles. The van der Waals surface area contributed by atoms with Crippen molar-refractivity contribution in [1.29, 1.82) is 0 Å². The van der Waals surface area contributed by atoms with Crippen LogP contribution in [0.5, 0.6) is 0 Å². The number of unbranched alkanes of at least 4 members (excludes halogenated alkanes) is 28. The van der Waals surface area contributed by atoms with Gasteiger partial charge >= 0.3 is 59.7 Å². The van der Waals surface area contributed by atoms with Crippen molar-refractivity contribution in [3.05, 3.63) is 35.9 Å². The number of hydrogen-bond donors (Lipinski definition) is 5. The number of aliphatic carboxylic acids is 5. The van der Waals surface area contributed by atoms with E-state index in [0.717, 1.165) is 73.7 Å². The molecular weight excluding hydrogens is 1240 g/mol. The van der Waals surface area contributed by atoms with Crippen LogP contribution in [-0.4, -0.2) is 223 Å². The van der Waals surface area contributed by atoms with Crippen molar-refractivity contribution in [1.82, 2.24) is 19.6 Å². The van der Waals surface area contributed by atoms with Crippen LogP contribution < -0.4 is 0 Å². The summed E-state index contributed by atoms with van der Waals surface area (Å²) in [5.41, 5.74) is -1.06. The van der Waals surface area contributed by atoms with Gasteiger partial charge in [0.1, 0.15) is 39.6 Å². The minimum atomic E-state index is -1.92. The molecule has 5 N–H and O–H groups in total. The molecule has 0 bridgehead atoms. The molecule has 25 nitrogen and oxygen atoms in total. The van der Waals surface area contributed by atoms with Gasteiger partial charge in [-0.1, -0.05) is 224 Å². The summed E-state index contributed by atoms with van der Waals surface area (Å²) in [7, 11) is 0. The highest BCUT2D eigenvalue weighted by molar-refractivity contribution is 5.80. The molecular formula is C71H120N4O21. The number of carbonyl (C=O) groups excluding carboxylic acids is 5. The van der Waals surface area contributed by atoms with Gasteiger partial charge in [-0.05, 0) is 18.4 Å². The Morgan fingerprint density at radius 1 is 0.406 bits per heavy atom. The molecule has 96 heavy (non-hydrogen) atoms. The van der Waals surface area contributed by atoms with Crippen LogP contribution in [0.2, 0.25) is 0 Å². The summed E-state index contributed by atoms with van der Waals surface area (Å²) in [4.78, 5) is 130. The Kier molecular flexibility index (Phi) is 52.8. The summed E-state index contributed by atoms with van der Waals surface area (Å²) in [6.07, 6.45) is 35.0. The zero-order valence-electron chi connectivity index (χ0n) is 58.4. The molecule has 0 fully saturated rings. The molecule has 0 heterocycles. The van der Waals surface area contributed by atoms with Crippen molar-refractivity contribution in [2.24, 2.45) is 5.41 Å². The van der Waals surface area contributed by atoms with Crippen molar-refractivity contribution >= 4 is 59.7 Å². The Bertz CT molecular complexity index is 2210. The fourth-order valence-electron chi connectivity index (χ4n) is 11.1. The van der Waals surface area contributed by atoms with Crippen LogP contribution in [0.4, 0.5) is 0 Å². The molecule has 1 unspecified atom stereocenters. The molecule has 0 aliphatic rings. The first kappa shape index (κ1) is 87.7. The van der Waals surface area contributed by atoms with Gasteiger partial charge in [-0.25, -0.2) is 4.79 Å². The smallest absolute Gasteiger partial charge is 0.332 e. The van der Waals surface area contributed by atoms with Crippen molar-refractivity contribution in [2.75, 3.05) is 112 Å². The van der Waals surface area contributed by atoms with Gasteiger partial charge in [0.05, 0.1) is 45.4 Å². The fraction of sp³-hybridized carbons (Fsp3) is 0.775. The normalized spacial score (nSPS) is 11.9. The van der Waals surface area contributed by atoms with Crippen molar-refractivity contribution in [3.63, 3.8) is 0 Å². The van der Waals surface area contributed by atoms with E-state index in [2.05, 4.69) is 13.8 Å². The topological polar surface area (TPSA) is 340 Å². The molecule has 0 radical (unpaired) electrons. The Hall–Kier alpha value is -6.28. The van der Waals surface area contributed by atoms with Gasteiger partial charge in [-0.3, -0.25) is 62.8 Å². The van der Waals surface area contributed by atoms with Gasteiger partial charge in [0.15, 0.2) is 5.41 Å². The van der Waals surface area contributed by atoms with Gasteiger partial charge < -0.3 is 54.0 Å². The predicted octanol–water partition coefficient (Wildman–Crippen LogP) is 10.4. The van der Waals surface area contributed by atoms with E-state index in [1.807, 2.05) is 35.2 Å². The first-order chi connectivity index (χ1) is 46.2. The maximum atomic E-state index is 14.5. The first-order valence-corrected chi connectivity index (χ1v) is 35.6. The van der Waals surface area contributed by atoms with Gasteiger partial charge in [-0.2, -0.15) is 0 Å². The quantitative estimate of drug-likeness (QED) is 0.0230. The summed E-state index contributed by atoms with van der Waals surface area (Å²) in [6, 6.07) is 8.00. The number of nitrogens with zero attached hydrogens (tertiary/aromatic N) is 4. The number of benzene rings is 1. The summed E-state index contributed by atoms with van der Waals surface area (Å²) < 4.78 is 33.9. The zero-order valence-corrected chi connectivity index (χ0v) is 58.4. The molecule has 0 aliphatic carbocycles. The van der Waals surface area contributed by atoms with E-state index in [1.54, 1.807) is 0 Å². The van der Waals surface area contributed by atoms with E-state index in [4.69, 9.17) is 28.4 Å². The zero-order chi connectivity index (χ0) is 70.9. The third-order valence-corrected chi connectivity index (χ3v) is 16.5. The molecule has 1 rings (SSSR count). The van der Waals surface area contributed by atoms with E-state index in [9.17, 15) is 73.5 Å². The van der Waals surface area contributed by atoms with Crippen LogP contribution >= 0.6 is 0 Å². The van der Waals surface area contributed by atoms with Crippen LogP contribution in [-0.2, 0) is 82.9 Å². The molecule has 0 saturated heterocycles. The van der Waals surface area contributed by atoms with E-state index in [1.165, 1.54) is 133 Å². The number of ether oxygens (including phenoxy) is 6. The molecule has 0 spiro atoms. The van der Waals surface area contributed by atoms with Gasteiger partial charge in [0.25, 0.3) is 0 Å². The first-order valence-electron chi connectivity index (χ1n) is 35.6. The summed E-state index contributed by atoms with van der Waals surface area (Å²) in [5, 5.41) is 47.6. The average Bonchev–Trinajstić information content (AvgIpc) is 0.842. The Morgan fingerprint density at radius 2 is 0.781 bits per heavy atom. The second-order valence-electron chi connectivity index (χ2n) is 25.4. The van der Waals surface area contributed by atoms with Gasteiger partial charge in [0, 0.05) is 59.0 Å². The van der Waals surface area contributed by atoms with Crippen LogP contribution in [0.15, 0.2) is 30.3 Å². The molecule has 0 amide bonds. The SMILES string of the molecule is CCCCCCCCCCCCCCCCCC(=O)OCC(COC(C)=O)(COC(=O)CCCCCCCCCCCCCCCCC)C(=O)OCCN(CCOCC(=O)OCC(CN(CCN(CC(=O)O)CC(=O)O)CC(=O)O)N(CC(=O)O)CC(=O)O)Cc1ccccc1. The fourth-order valence-corrected chi connectivity index (χ4v) is 11.1. The molecule has 25 heteroatoms. The minimum Gasteiger partial charge on any atom is -0.480 e. The standard InChI is InChI=1S/C71H120N4O21/c1-4-6-8-10-12-14-16-18-20-22-24-26-28-30-35-39-67(87)95-57-71(56-94-59(3)76,58-96-68(88)40-36-31-29-27-25-23-21-19-17-15-13-11-9-7-5-2)70(90)92-46-44-72(47-60-37-33-32-34-38-60)43-45-91-55-69(89)93-54-61(75(52-65(83)84)53-66(85)86)48-73(49-62(77)78)41-42-74(50-63(79)80)51-64(81)82/h32-34,37-38,61H,4-31,35-36,39-58H2,1-3H3,(H,77,78)(H,79,80)(H,81,82)(H,83,84)(H,85,86). The number of rotatable bonds is 67. The maximum Gasteiger partial charge on any atom is 0.332 e. The highest BCUT2D eigenvalue weighted by atomic mass is 16.6. The number of carboxylic acids is 5. The second-order valence-corrected chi connectivity index (χ2v) is 25.4. The average molecular weight is 1370 g/mol. The highest BCUT2D eigenvalue weighted by Crippen LogP contribution is 2.25. The van der Waals surface area contributed by atoms with Crippen molar-refractivity contribution in [2.45, 2.75) is 239 Å². The number of esters is 5. The monoisotopic (exact) mass is 1360 g/mol. The lowest BCUT2D eigenvalue weighted by atomic mass is 9.91. The van der Waals surface area contributed by atoms with E-state index in [0.29, 0.717) is 19.4 Å². The highest BCUT2D eigenvalue weighted by Gasteiger charge is 2.45. The summed E-state index contributed by atoms with van der Waals surface area (Å²) in [5.74, 6) is -10.7. The molecule has 550 valence electrons. The van der Waals surface area contributed by atoms with Gasteiger partial charge in [-0.15, -0.1) is 0 Å². The molecule has 1 aromatic carbocycles. The van der Waals surface area contributed by atoms with E-state index < -0.39 is 143 Å². The minimum absolute atomic E-state index is 0.0813. The predicted molar refractivity (Wildman–Crippen MR) is 361 cm³/mol. The largest absolute Gasteiger partial charge is 0.480 e. The lowest BCUT2D eigenvalue weighted by Crippen LogP contribution is -2.52. The molecule has 0 aliphatic heterocycles. The second kappa shape index (κ2) is 57.8. The number of carbonyl (C=O) groups is 10. The van der Waals surface area contributed by atoms with Crippen molar-refractivity contribution in [3.8, 4) is 0 Å². The maximum absolute atomic E-state index is 14.5. The number of hydrogen-bond acceptors (Lipinski definition) is 20. The van der Waals surface area contributed by atoms with Crippen LogP contribution in [0.25, 0.3) is 0 Å². The van der Waals surface area contributed by atoms with Crippen LogP contribution in [0.1, 0.15) is 232 Å². The van der Waals surface area contributed by atoms with Crippen LogP contribution in [0.3, 0.4) is 0 Å². The summed E-state index contributed by atoms with van der Waals surface area (Å²) in [6.45, 7) is -2.07. The third-order valence-electron chi connectivity index (χ3n) is 16.5. The molecule has 0 aromatic heterocycles. The lowest BCUT2D eigenvalue weighted by molar-refractivity contribution is -0.179. The van der Waals surface area contributed by atoms with E-state index >= 15 is 0 Å². The van der Waals surface area contributed by atoms with Crippen molar-refractivity contribution < 1.29 is 102 Å². The Labute approximate surface area is 570 Å². The van der Waals surface area contributed by atoms with Crippen LogP contribution in [0, 0.1) is 5.41 Å². The van der Waals surface area contributed by atoms with E-state index in [-0.39, 0.29) is 52.2 Å². The third kappa shape index (κ3) is 50.1. The molecule has 1 aromatic rings. The molecule has 1 atom stereocenters. The number of carboxylic acid groups (broad SMARTS) is 5. The lowest BCUT2D eigenvalue weighted by Gasteiger charge is -2.33. The summed E-state index contributed by atoms with van der Waals surface area (Å²) >= 11 is 0. The Balaban J connectivity index is 3.15.